The van der Waals surface area contributed by atoms with E-state index in [2.05, 4.69) is 18.2 Å². The second kappa shape index (κ2) is 4.33. The van der Waals surface area contributed by atoms with Crippen LogP contribution < -0.4 is 5.73 Å². The smallest absolute Gasteiger partial charge is 0.0186 e. The molecule has 0 aromatic carbocycles. The summed E-state index contributed by atoms with van der Waals surface area (Å²) in [4.78, 5) is 2.44. The van der Waals surface area contributed by atoms with Gasteiger partial charge in [0, 0.05) is 18.3 Å². The highest BCUT2D eigenvalue weighted by Gasteiger charge is 2.27. The van der Waals surface area contributed by atoms with Crippen molar-refractivity contribution in [2.45, 2.75) is 12.5 Å². The van der Waals surface area contributed by atoms with Crippen LogP contribution in [0.1, 0.15) is 6.42 Å². The van der Waals surface area contributed by atoms with Crippen LogP contribution in [0.15, 0.2) is 0 Å². The molecule has 2 N–H and O–H groups in total. The highest BCUT2D eigenvalue weighted by atomic mass is 32.2. The van der Waals surface area contributed by atoms with Crippen LogP contribution in [0.3, 0.4) is 0 Å². The first kappa shape index (κ1) is 9.36. The summed E-state index contributed by atoms with van der Waals surface area (Å²) in [6, 6.07) is 0.776. The highest BCUT2D eigenvalue weighted by Crippen LogP contribution is 2.22. The van der Waals surface area contributed by atoms with Crippen LogP contribution in [0.4, 0.5) is 0 Å². The van der Waals surface area contributed by atoms with E-state index in [9.17, 15) is 0 Å². The van der Waals surface area contributed by atoms with Crippen LogP contribution in [0.5, 0.6) is 0 Å². The number of nitrogens with zero attached hydrogens (tertiary/aromatic N) is 1. The SMILES string of the molecule is CSC[C@@H]1C[C@@H](CN)CN1C. The van der Waals surface area contributed by atoms with Gasteiger partial charge in [-0.2, -0.15) is 11.8 Å². The Morgan fingerprint density at radius 3 is 2.82 bits per heavy atom. The topological polar surface area (TPSA) is 29.3 Å². The average Bonchev–Trinajstić information content (AvgIpc) is 2.33. The van der Waals surface area contributed by atoms with Gasteiger partial charge in [0.2, 0.25) is 0 Å². The minimum Gasteiger partial charge on any atom is -0.330 e. The summed E-state index contributed by atoms with van der Waals surface area (Å²) in [6.07, 6.45) is 3.47. The fourth-order valence-electron chi connectivity index (χ4n) is 1.75. The molecule has 0 spiro atoms. The summed E-state index contributed by atoms with van der Waals surface area (Å²) in [5.41, 5.74) is 5.62. The summed E-state index contributed by atoms with van der Waals surface area (Å²) in [5.74, 6) is 2.00. The first-order chi connectivity index (χ1) is 5.27. The molecule has 0 unspecified atom stereocenters. The molecular weight excluding hydrogens is 156 g/mol. The van der Waals surface area contributed by atoms with Crippen molar-refractivity contribution in [2.24, 2.45) is 11.7 Å². The molecule has 0 bridgehead atoms. The molecule has 1 saturated heterocycles. The quantitative estimate of drug-likeness (QED) is 0.680. The Balaban J connectivity index is 2.32. The maximum Gasteiger partial charge on any atom is 0.0186 e. The van der Waals surface area contributed by atoms with E-state index in [0.29, 0.717) is 0 Å². The van der Waals surface area contributed by atoms with Crippen molar-refractivity contribution in [3.8, 4) is 0 Å². The maximum atomic E-state index is 5.62. The van der Waals surface area contributed by atoms with E-state index in [1.54, 1.807) is 0 Å². The zero-order valence-corrected chi connectivity index (χ0v) is 8.23. The largest absolute Gasteiger partial charge is 0.330 e. The standard InChI is InChI=1S/C8H18N2S/c1-10-5-7(4-9)3-8(10)6-11-2/h7-8H,3-6,9H2,1-2H3/t7-,8-/m0/s1. The molecule has 3 heteroatoms. The first-order valence-corrected chi connectivity index (χ1v) is 5.56. The Labute approximate surface area is 73.5 Å². The molecule has 0 aliphatic carbocycles. The van der Waals surface area contributed by atoms with Crippen molar-refractivity contribution >= 4 is 11.8 Å². The third-order valence-electron chi connectivity index (χ3n) is 2.47. The van der Waals surface area contributed by atoms with Gasteiger partial charge in [-0.3, -0.25) is 0 Å². The molecule has 1 fully saturated rings. The molecule has 1 aliphatic heterocycles. The normalized spacial score (nSPS) is 33.0. The van der Waals surface area contributed by atoms with E-state index < -0.39 is 0 Å². The summed E-state index contributed by atoms with van der Waals surface area (Å²) in [6.45, 7) is 2.05. The molecule has 1 aliphatic rings. The Hall–Kier alpha value is 0.270. The molecule has 0 saturated carbocycles. The van der Waals surface area contributed by atoms with E-state index in [4.69, 9.17) is 5.73 Å². The minimum atomic E-state index is 0.747. The van der Waals surface area contributed by atoms with Crippen LogP contribution in [0.2, 0.25) is 0 Å². The predicted octanol–water partition coefficient (Wildman–Crippen LogP) is 0.628. The Kier molecular flexibility index (Phi) is 3.69. The van der Waals surface area contributed by atoms with E-state index >= 15 is 0 Å². The average molecular weight is 174 g/mol. The van der Waals surface area contributed by atoms with Gasteiger partial charge in [-0.15, -0.1) is 0 Å². The fourth-order valence-corrected chi connectivity index (χ4v) is 2.53. The Morgan fingerprint density at radius 2 is 2.36 bits per heavy atom. The van der Waals surface area contributed by atoms with Crippen LogP contribution in [0, 0.1) is 5.92 Å². The van der Waals surface area contributed by atoms with Gasteiger partial charge in [-0.05, 0) is 32.2 Å². The van der Waals surface area contributed by atoms with E-state index in [-0.39, 0.29) is 0 Å². The number of thioether (sulfide) groups is 1. The van der Waals surface area contributed by atoms with Crippen LogP contribution in [0.25, 0.3) is 0 Å². The highest BCUT2D eigenvalue weighted by molar-refractivity contribution is 7.98. The van der Waals surface area contributed by atoms with Crippen LogP contribution >= 0.6 is 11.8 Å². The lowest BCUT2D eigenvalue weighted by atomic mass is 10.1. The lowest BCUT2D eigenvalue weighted by Gasteiger charge is -2.17. The Bertz CT molecular complexity index is 119. The van der Waals surface area contributed by atoms with Gasteiger partial charge in [-0.1, -0.05) is 0 Å². The number of rotatable bonds is 3. The van der Waals surface area contributed by atoms with Crippen molar-refractivity contribution in [2.75, 3.05) is 32.1 Å². The summed E-state index contributed by atoms with van der Waals surface area (Å²) in [7, 11) is 2.20. The third-order valence-corrected chi connectivity index (χ3v) is 3.19. The predicted molar refractivity (Wildman–Crippen MR) is 52.0 cm³/mol. The number of nitrogens with two attached hydrogens (primary N) is 1. The van der Waals surface area contributed by atoms with Gasteiger partial charge in [0.05, 0.1) is 0 Å². The van der Waals surface area contributed by atoms with Crippen LogP contribution in [-0.2, 0) is 0 Å². The molecule has 1 heterocycles. The summed E-state index contributed by atoms with van der Waals surface area (Å²) >= 11 is 1.93. The van der Waals surface area contributed by atoms with Gasteiger partial charge in [0.25, 0.3) is 0 Å². The molecule has 0 aromatic rings. The fraction of sp³-hybridized carbons (Fsp3) is 1.00. The zero-order chi connectivity index (χ0) is 8.27. The molecule has 2 nitrogen and oxygen atoms in total. The van der Waals surface area contributed by atoms with Gasteiger partial charge >= 0.3 is 0 Å². The third kappa shape index (κ3) is 2.36. The molecule has 11 heavy (non-hydrogen) atoms. The molecular formula is C8H18N2S. The van der Waals surface area contributed by atoms with E-state index in [0.717, 1.165) is 18.5 Å². The van der Waals surface area contributed by atoms with Crippen molar-refractivity contribution in [1.29, 1.82) is 0 Å². The number of likely N-dealkylation sites (tertiary alicyclic amines) is 1. The zero-order valence-electron chi connectivity index (χ0n) is 7.42. The van der Waals surface area contributed by atoms with Gasteiger partial charge < -0.3 is 10.6 Å². The molecule has 0 aromatic heterocycles. The summed E-state index contributed by atoms with van der Waals surface area (Å²) in [5, 5.41) is 0. The van der Waals surface area contributed by atoms with Crippen molar-refractivity contribution in [1.82, 2.24) is 4.90 Å². The van der Waals surface area contributed by atoms with Gasteiger partial charge in [0.1, 0.15) is 0 Å². The van der Waals surface area contributed by atoms with Crippen LogP contribution in [-0.4, -0.2) is 43.1 Å². The second-order valence-electron chi connectivity index (χ2n) is 3.39. The molecule has 0 amide bonds. The van der Waals surface area contributed by atoms with E-state index in [1.807, 2.05) is 11.8 Å². The van der Waals surface area contributed by atoms with Gasteiger partial charge in [-0.25, -0.2) is 0 Å². The van der Waals surface area contributed by atoms with Crippen molar-refractivity contribution < 1.29 is 0 Å². The second-order valence-corrected chi connectivity index (χ2v) is 4.30. The Morgan fingerprint density at radius 1 is 1.64 bits per heavy atom. The monoisotopic (exact) mass is 174 g/mol. The molecule has 2 atom stereocenters. The number of hydrogen-bond acceptors (Lipinski definition) is 3. The summed E-state index contributed by atoms with van der Waals surface area (Å²) < 4.78 is 0. The first-order valence-electron chi connectivity index (χ1n) is 4.17. The molecule has 0 radical (unpaired) electrons. The molecule has 1 rings (SSSR count). The number of hydrogen-bond donors (Lipinski definition) is 1. The van der Waals surface area contributed by atoms with E-state index in [1.165, 1.54) is 18.7 Å². The van der Waals surface area contributed by atoms with Crippen molar-refractivity contribution in [3.63, 3.8) is 0 Å². The lowest BCUT2D eigenvalue weighted by molar-refractivity contribution is 0.330. The molecule has 66 valence electrons. The maximum absolute atomic E-state index is 5.62. The van der Waals surface area contributed by atoms with Crippen molar-refractivity contribution in [3.05, 3.63) is 0 Å². The van der Waals surface area contributed by atoms with Gasteiger partial charge in [0.15, 0.2) is 0 Å². The lowest BCUT2D eigenvalue weighted by Crippen LogP contribution is -2.27. The minimum absolute atomic E-state index is 0.747.